The van der Waals surface area contributed by atoms with E-state index in [1.54, 1.807) is 12.3 Å². The highest BCUT2D eigenvalue weighted by atomic mass is 79.9. The van der Waals surface area contributed by atoms with Crippen molar-refractivity contribution in [3.63, 3.8) is 0 Å². The Morgan fingerprint density at radius 3 is 2.64 bits per heavy atom. The molecule has 1 heterocycles. The molecular formula is C9H13BrN2O2. The van der Waals surface area contributed by atoms with Gasteiger partial charge in [-0.25, -0.2) is 5.48 Å². The maximum absolute atomic E-state index is 11.4. The molecule has 1 aromatic rings. The average Bonchev–Trinajstić information content (AvgIpc) is 2.46. The number of hydrogen-bond donors (Lipinski definition) is 2. The Morgan fingerprint density at radius 1 is 1.57 bits per heavy atom. The van der Waals surface area contributed by atoms with Crippen LogP contribution in [-0.2, 0) is 4.84 Å². The summed E-state index contributed by atoms with van der Waals surface area (Å²) in [5, 5.41) is 0. The number of halogens is 1. The van der Waals surface area contributed by atoms with Gasteiger partial charge < -0.3 is 4.98 Å². The molecule has 14 heavy (non-hydrogen) atoms. The van der Waals surface area contributed by atoms with E-state index >= 15 is 0 Å². The smallest absolute Gasteiger partial charge is 0.291 e. The molecule has 1 aromatic heterocycles. The molecule has 0 saturated heterocycles. The van der Waals surface area contributed by atoms with Gasteiger partial charge in [-0.2, -0.15) is 0 Å². The first kappa shape index (κ1) is 11.3. The van der Waals surface area contributed by atoms with Crippen molar-refractivity contribution in [3.05, 3.63) is 22.4 Å². The van der Waals surface area contributed by atoms with E-state index in [0.29, 0.717) is 5.69 Å². The Kier molecular flexibility index (Phi) is 3.34. The molecule has 1 amide bonds. The summed E-state index contributed by atoms with van der Waals surface area (Å²) in [6, 6.07) is 1.68. The molecule has 0 aliphatic rings. The van der Waals surface area contributed by atoms with Gasteiger partial charge in [0, 0.05) is 10.7 Å². The van der Waals surface area contributed by atoms with Gasteiger partial charge in [0.1, 0.15) is 5.69 Å². The fourth-order valence-electron chi connectivity index (χ4n) is 0.753. The lowest BCUT2D eigenvalue weighted by Crippen LogP contribution is -2.33. The zero-order valence-electron chi connectivity index (χ0n) is 8.35. The zero-order valence-corrected chi connectivity index (χ0v) is 9.94. The van der Waals surface area contributed by atoms with Crippen molar-refractivity contribution < 1.29 is 9.63 Å². The maximum atomic E-state index is 11.4. The fraction of sp³-hybridized carbons (Fsp3) is 0.444. The van der Waals surface area contributed by atoms with E-state index in [0.717, 1.165) is 4.47 Å². The number of H-pyrrole nitrogens is 1. The van der Waals surface area contributed by atoms with Gasteiger partial charge in [0.05, 0.1) is 5.60 Å². The quantitative estimate of drug-likeness (QED) is 0.802. The van der Waals surface area contributed by atoms with Crippen molar-refractivity contribution >= 4 is 21.8 Å². The van der Waals surface area contributed by atoms with Crippen molar-refractivity contribution in [2.75, 3.05) is 0 Å². The molecule has 0 saturated carbocycles. The first-order chi connectivity index (χ1) is 6.38. The topological polar surface area (TPSA) is 54.1 Å². The van der Waals surface area contributed by atoms with Gasteiger partial charge in [-0.3, -0.25) is 9.63 Å². The van der Waals surface area contributed by atoms with Crippen molar-refractivity contribution in [2.45, 2.75) is 26.4 Å². The average molecular weight is 261 g/mol. The lowest BCUT2D eigenvalue weighted by Gasteiger charge is -2.18. The summed E-state index contributed by atoms with van der Waals surface area (Å²) in [6.45, 7) is 5.58. The van der Waals surface area contributed by atoms with Gasteiger partial charge in [0.2, 0.25) is 0 Å². The van der Waals surface area contributed by atoms with Crippen LogP contribution in [0.15, 0.2) is 16.7 Å². The van der Waals surface area contributed by atoms with Gasteiger partial charge in [-0.05, 0) is 42.8 Å². The van der Waals surface area contributed by atoms with Gasteiger partial charge in [-0.1, -0.05) is 0 Å². The summed E-state index contributed by atoms with van der Waals surface area (Å²) in [6.07, 6.45) is 1.69. The Morgan fingerprint density at radius 2 is 2.21 bits per heavy atom. The summed E-state index contributed by atoms with van der Waals surface area (Å²) < 4.78 is 0.832. The van der Waals surface area contributed by atoms with Crippen LogP contribution in [0.4, 0.5) is 0 Å². The second kappa shape index (κ2) is 4.14. The van der Waals surface area contributed by atoms with E-state index in [1.807, 2.05) is 20.8 Å². The minimum Gasteiger partial charge on any atom is -0.356 e. The molecule has 5 heteroatoms. The fourth-order valence-corrected chi connectivity index (χ4v) is 1.10. The van der Waals surface area contributed by atoms with Crippen LogP contribution in [0.3, 0.4) is 0 Å². The van der Waals surface area contributed by atoms with E-state index in [4.69, 9.17) is 4.84 Å². The predicted molar refractivity (Wildman–Crippen MR) is 56.8 cm³/mol. The molecule has 0 aliphatic heterocycles. The molecule has 1 rings (SSSR count). The van der Waals surface area contributed by atoms with Crippen molar-refractivity contribution in [2.24, 2.45) is 0 Å². The normalized spacial score (nSPS) is 11.4. The SMILES string of the molecule is CC(C)(C)ONC(=O)c1cc(Br)c[nH]1. The van der Waals surface area contributed by atoms with Gasteiger partial charge in [0.15, 0.2) is 0 Å². The monoisotopic (exact) mass is 260 g/mol. The molecule has 0 fully saturated rings. The number of hydrogen-bond acceptors (Lipinski definition) is 2. The van der Waals surface area contributed by atoms with Crippen molar-refractivity contribution in [1.29, 1.82) is 0 Å². The largest absolute Gasteiger partial charge is 0.356 e. The highest BCUT2D eigenvalue weighted by Crippen LogP contribution is 2.11. The third-order valence-electron chi connectivity index (χ3n) is 1.34. The molecule has 4 nitrogen and oxygen atoms in total. The number of carbonyl (C=O) groups is 1. The summed E-state index contributed by atoms with van der Waals surface area (Å²) in [4.78, 5) is 19.3. The Hall–Kier alpha value is -0.810. The number of hydroxylamine groups is 1. The predicted octanol–water partition coefficient (Wildman–Crippen LogP) is 2.24. The zero-order chi connectivity index (χ0) is 10.8. The minimum atomic E-state index is -0.389. The molecule has 0 aromatic carbocycles. The van der Waals surface area contributed by atoms with Gasteiger partial charge in [-0.15, -0.1) is 0 Å². The van der Waals surface area contributed by atoms with Crippen LogP contribution in [0.5, 0.6) is 0 Å². The van der Waals surface area contributed by atoms with Crippen LogP contribution < -0.4 is 5.48 Å². The van der Waals surface area contributed by atoms with Crippen LogP contribution in [0.2, 0.25) is 0 Å². The summed E-state index contributed by atoms with van der Waals surface area (Å²) in [7, 11) is 0. The Labute approximate surface area is 91.1 Å². The van der Waals surface area contributed by atoms with E-state index in [2.05, 4.69) is 26.4 Å². The summed E-state index contributed by atoms with van der Waals surface area (Å²) >= 11 is 3.24. The molecule has 0 bridgehead atoms. The third-order valence-corrected chi connectivity index (χ3v) is 1.80. The van der Waals surface area contributed by atoms with Crippen molar-refractivity contribution in [3.8, 4) is 0 Å². The molecule has 78 valence electrons. The van der Waals surface area contributed by atoms with E-state index < -0.39 is 0 Å². The number of nitrogens with one attached hydrogen (secondary N) is 2. The standard InChI is InChI=1S/C9H13BrN2O2/c1-9(2,3)14-12-8(13)7-4-6(10)5-11-7/h4-5,11H,1-3H3,(H,12,13). The molecule has 0 atom stereocenters. The molecule has 0 spiro atoms. The molecule has 0 aliphatic carbocycles. The minimum absolute atomic E-state index is 0.286. The second-order valence-corrected chi connectivity index (χ2v) is 4.79. The second-order valence-electron chi connectivity index (χ2n) is 3.88. The Bertz CT molecular complexity index is 328. The molecule has 0 unspecified atom stereocenters. The van der Waals surface area contributed by atoms with E-state index in [1.165, 1.54) is 0 Å². The summed E-state index contributed by atoms with van der Waals surface area (Å²) in [5.74, 6) is -0.286. The first-order valence-corrected chi connectivity index (χ1v) is 5.00. The van der Waals surface area contributed by atoms with Crippen LogP contribution in [0.1, 0.15) is 31.3 Å². The lowest BCUT2D eigenvalue weighted by atomic mass is 10.2. The first-order valence-electron chi connectivity index (χ1n) is 4.21. The third kappa shape index (κ3) is 3.51. The van der Waals surface area contributed by atoms with Crippen LogP contribution in [0, 0.1) is 0 Å². The number of rotatable bonds is 2. The highest BCUT2D eigenvalue weighted by Gasteiger charge is 2.14. The lowest BCUT2D eigenvalue weighted by molar-refractivity contribution is -0.0591. The molecule has 0 radical (unpaired) electrons. The number of aromatic nitrogens is 1. The van der Waals surface area contributed by atoms with Gasteiger partial charge >= 0.3 is 0 Å². The highest BCUT2D eigenvalue weighted by molar-refractivity contribution is 9.10. The summed E-state index contributed by atoms with van der Waals surface area (Å²) in [5.41, 5.74) is 2.43. The number of carbonyl (C=O) groups excluding carboxylic acids is 1. The van der Waals surface area contributed by atoms with Crippen LogP contribution in [-0.4, -0.2) is 16.5 Å². The van der Waals surface area contributed by atoms with E-state index in [-0.39, 0.29) is 11.5 Å². The number of aromatic amines is 1. The van der Waals surface area contributed by atoms with Crippen LogP contribution >= 0.6 is 15.9 Å². The molecule has 2 N–H and O–H groups in total. The van der Waals surface area contributed by atoms with E-state index in [9.17, 15) is 4.79 Å². The van der Waals surface area contributed by atoms with Gasteiger partial charge in [0.25, 0.3) is 5.91 Å². The number of amides is 1. The van der Waals surface area contributed by atoms with Crippen LogP contribution in [0.25, 0.3) is 0 Å². The Balaban J connectivity index is 2.52. The maximum Gasteiger partial charge on any atom is 0.291 e. The van der Waals surface area contributed by atoms with Crippen molar-refractivity contribution in [1.82, 2.24) is 10.5 Å². The molecular weight excluding hydrogens is 248 g/mol.